The van der Waals surface area contributed by atoms with Crippen LogP contribution in [0.5, 0.6) is 0 Å². The zero-order valence-corrected chi connectivity index (χ0v) is 10.2. The van der Waals surface area contributed by atoms with Gasteiger partial charge in [0.2, 0.25) is 0 Å². The average Bonchev–Trinajstić information content (AvgIpc) is 2.67. The van der Waals surface area contributed by atoms with Gasteiger partial charge in [0, 0.05) is 18.3 Å². The number of aromatic nitrogens is 2. The summed E-state index contributed by atoms with van der Waals surface area (Å²) in [6, 6.07) is 9.97. The van der Waals surface area contributed by atoms with Crippen LogP contribution in [0.15, 0.2) is 30.3 Å². The molecule has 4 N–H and O–H groups in total. The monoisotopic (exact) mass is 230 g/mol. The van der Waals surface area contributed by atoms with Crippen molar-refractivity contribution < 1.29 is 0 Å². The van der Waals surface area contributed by atoms with Crippen molar-refractivity contribution in [3.05, 3.63) is 47.3 Å². The van der Waals surface area contributed by atoms with Crippen LogP contribution in [-0.4, -0.2) is 16.3 Å². The summed E-state index contributed by atoms with van der Waals surface area (Å²) < 4.78 is 1.92. The number of hydrogen-bond acceptors (Lipinski definition) is 3. The van der Waals surface area contributed by atoms with Crippen LogP contribution in [-0.2, 0) is 0 Å². The second-order valence-corrected chi connectivity index (χ2v) is 4.28. The van der Waals surface area contributed by atoms with Gasteiger partial charge in [-0.2, -0.15) is 5.10 Å². The maximum absolute atomic E-state index is 5.93. The van der Waals surface area contributed by atoms with Crippen molar-refractivity contribution >= 4 is 0 Å². The number of nitrogens with two attached hydrogens (primary N) is 2. The van der Waals surface area contributed by atoms with Crippen LogP contribution in [0.3, 0.4) is 0 Å². The van der Waals surface area contributed by atoms with E-state index in [1.807, 2.05) is 42.8 Å². The average molecular weight is 230 g/mol. The van der Waals surface area contributed by atoms with E-state index in [2.05, 4.69) is 11.2 Å². The molecule has 0 fully saturated rings. The van der Waals surface area contributed by atoms with Crippen molar-refractivity contribution in [1.29, 1.82) is 0 Å². The lowest BCUT2D eigenvalue weighted by atomic mass is 10.1. The van der Waals surface area contributed by atoms with Gasteiger partial charge >= 0.3 is 0 Å². The van der Waals surface area contributed by atoms with Crippen LogP contribution in [0, 0.1) is 13.8 Å². The van der Waals surface area contributed by atoms with Gasteiger partial charge in [0.05, 0.1) is 11.4 Å². The Kier molecular flexibility index (Phi) is 3.26. The Hall–Kier alpha value is -1.65. The highest BCUT2D eigenvalue weighted by Gasteiger charge is 2.07. The van der Waals surface area contributed by atoms with Crippen molar-refractivity contribution in [2.24, 2.45) is 11.5 Å². The highest BCUT2D eigenvalue weighted by molar-refractivity contribution is 5.38. The lowest BCUT2D eigenvalue weighted by molar-refractivity contribution is 0.733. The summed E-state index contributed by atoms with van der Waals surface area (Å²) >= 11 is 0. The fraction of sp³-hybridized carbons (Fsp3) is 0.308. The molecule has 0 aliphatic carbocycles. The van der Waals surface area contributed by atoms with E-state index in [0.29, 0.717) is 6.54 Å². The van der Waals surface area contributed by atoms with Gasteiger partial charge in [-0.15, -0.1) is 0 Å². The first-order valence-corrected chi connectivity index (χ1v) is 5.71. The molecule has 4 heteroatoms. The zero-order valence-electron chi connectivity index (χ0n) is 10.2. The van der Waals surface area contributed by atoms with Crippen LogP contribution in [0.25, 0.3) is 5.69 Å². The maximum Gasteiger partial charge on any atom is 0.0652 e. The van der Waals surface area contributed by atoms with Crippen LogP contribution in [0.1, 0.15) is 23.0 Å². The molecule has 0 aliphatic rings. The lowest BCUT2D eigenvalue weighted by Gasteiger charge is -2.11. The van der Waals surface area contributed by atoms with Gasteiger partial charge in [0.15, 0.2) is 0 Å². The molecule has 1 unspecified atom stereocenters. The smallest absolute Gasteiger partial charge is 0.0652 e. The molecule has 1 aromatic heterocycles. The molecule has 0 radical (unpaired) electrons. The second kappa shape index (κ2) is 4.69. The molecule has 0 bridgehead atoms. The van der Waals surface area contributed by atoms with Crippen molar-refractivity contribution in [2.75, 3.05) is 6.54 Å². The third kappa shape index (κ3) is 2.38. The van der Waals surface area contributed by atoms with Crippen LogP contribution >= 0.6 is 0 Å². The molecular weight excluding hydrogens is 212 g/mol. The van der Waals surface area contributed by atoms with Crippen molar-refractivity contribution in [3.8, 4) is 5.69 Å². The number of nitrogens with zero attached hydrogens (tertiary/aromatic N) is 2. The van der Waals surface area contributed by atoms with E-state index in [1.165, 1.54) is 0 Å². The van der Waals surface area contributed by atoms with E-state index in [4.69, 9.17) is 11.5 Å². The van der Waals surface area contributed by atoms with Crippen LogP contribution in [0.4, 0.5) is 0 Å². The molecular formula is C13H18N4. The Labute approximate surface area is 101 Å². The van der Waals surface area contributed by atoms with Crippen LogP contribution < -0.4 is 11.5 Å². The summed E-state index contributed by atoms with van der Waals surface area (Å²) in [6.07, 6.45) is 0. The minimum atomic E-state index is -0.119. The molecule has 1 heterocycles. The highest BCUT2D eigenvalue weighted by atomic mass is 15.3. The first-order chi connectivity index (χ1) is 8.11. The Balaban J connectivity index is 2.43. The van der Waals surface area contributed by atoms with E-state index in [1.54, 1.807) is 0 Å². The molecule has 17 heavy (non-hydrogen) atoms. The second-order valence-electron chi connectivity index (χ2n) is 4.28. The normalized spacial score (nSPS) is 12.7. The molecule has 1 atom stereocenters. The van der Waals surface area contributed by atoms with Crippen molar-refractivity contribution in [1.82, 2.24) is 9.78 Å². The van der Waals surface area contributed by atoms with Gasteiger partial charge in [-0.05, 0) is 37.6 Å². The maximum atomic E-state index is 5.93. The van der Waals surface area contributed by atoms with E-state index in [-0.39, 0.29) is 6.04 Å². The molecule has 90 valence electrons. The van der Waals surface area contributed by atoms with E-state index in [9.17, 15) is 0 Å². The Bertz CT molecular complexity index is 516. The predicted molar refractivity (Wildman–Crippen MR) is 69.0 cm³/mol. The van der Waals surface area contributed by atoms with E-state index < -0.39 is 0 Å². The molecule has 2 rings (SSSR count). The largest absolute Gasteiger partial charge is 0.329 e. The standard InChI is InChI=1S/C13H18N4/c1-9-6-10(2)17(16-9)12-5-3-4-11(7-12)13(15)8-14/h3-7,13H,8,14-15H2,1-2H3. The number of benzene rings is 1. The molecule has 0 saturated heterocycles. The molecule has 4 nitrogen and oxygen atoms in total. The fourth-order valence-corrected chi connectivity index (χ4v) is 1.91. The number of aryl methyl sites for hydroxylation is 2. The van der Waals surface area contributed by atoms with Gasteiger partial charge in [-0.25, -0.2) is 4.68 Å². The minimum absolute atomic E-state index is 0.119. The van der Waals surface area contributed by atoms with E-state index >= 15 is 0 Å². The third-order valence-electron chi connectivity index (χ3n) is 2.81. The molecule has 1 aromatic carbocycles. The summed E-state index contributed by atoms with van der Waals surface area (Å²) in [7, 11) is 0. The van der Waals surface area contributed by atoms with Gasteiger partial charge in [0.25, 0.3) is 0 Å². The zero-order chi connectivity index (χ0) is 12.4. The predicted octanol–water partition coefficient (Wildman–Crippen LogP) is 1.45. The van der Waals surface area contributed by atoms with Crippen molar-refractivity contribution in [3.63, 3.8) is 0 Å². The Morgan fingerprint density at radius 3 is 2.65 bits per heavy atom. The van der Waals surface area contributed by atoms with Gasteiger partial charge in [-0.3, -0.25) is 0 Å². The molecule has 0 saturated carbocycles. The Morgan fingerprint density at radius 1 is 1.29 bits per heavy atom. The summed E-state index contributed by atoms with van der Waals surface area (Å²) in [6.45, 7) is 4.47. The molecule has 0 spiro atoms. The Morgan fingerprint density at radius 2 is 2.06 bits per heavy atom. The molecule has 0 aliphatic heterocycles. The first-order valence-electron chi connectivity index (χ1n) is 5.71. The highest BCUT2D eigenvalue weighted by Crippen LogP contribution is 2.16. The molecule has 2 aromatic rings. The van der Waals surface area contributed by atoms with Gasteiger partial charge < -0.3 is 11.5 Å². The first kappa shape index (κ1) is 11.8. The third-order valence-corrected chi connectivity index (χ3v) is 2.81. The van der Waals surface area contributed by atoms with E-state index in [0.717, 1.165) is 22.6 Å². The van der Waals surface area contributed by atoms with Crippen LogP contribution in [0.2, 0.25) is 0 Å². The summed E-state index contributed by atoms with van der Waals surface area (Å²) in [5.74, 6) is 0. The molecule has 0 amide bonds. The van der Waals surface area contributed by atoms with Gasteiger partial charge in [-0.1, -0.05) is 12.1 Å². The quantitative estimate of drug-likeness (QED) is 0.838. The number of hydrogen-bond donors (Lipinski definition) is 2. The summed E-state index contributed by atoms with van der Waals surface area (Å²) in [5.41, 5.74) is 15.7. The minimum Gasteiger partial charge on any atom is -0.329 e. The lowest BCUT2D eigenvalue weighted by Crippen LogP contribution is -2.20. The SMILES string of the molecule is Cc1cc(C)n(-c2cccc(C(N)CN)c2)n1. The number of rotatable bonds is 3. The van der Waals surface area contributed by atoms with Crippen molar-refractivity contribution in [2.45, 2.75) is 19.9 Å². The summed E-state index contributed by atoms with van der Waals surface area (Å²) in [4.78, 5) is 0. The fourth-order valence-electron chi connectivity index (χ4n) is 1.91. The summed E-state index contributed by atoms with van der Waals surface area (Å²) in [5, 5.41) is 4.45. The van der Waals surface area contributed by atoms with Gasteiger partial charge in [0.1, 0.15) is 0 Å². The topological polar surface area (TPSA) is 69.9 Å².